The first-order valence-electron chi connectivity index (χ1n) is 9.27. The Kier molecular flexibility index (Phi) is 5.48. The average Bonchev–Trinajstić information content (AvgIpc) is 3.36. The zero-order chi connectivity index (χ0) is 21.1. The molecule has 1 atom stereocenters. The fraction of sp³-hybridized carbons (Fsp3) is 0.211. The van der Waals surface area contributed by atoms with E-state index in [2.05, 4.69) is 35.7 Å². The SMILES string of the molecule is C[C@@H](CNc1ccc(Cl)cc1)NC(=O)Cn1nc(-c2ncc[nH]2)c2c(N)ncnc21. The van der Waals surface area contributed by atoms with Crippen LogP contribution in [0.3, 0.4) is 0 Å². The van der Waals surface area contributed by atoms with Gasteiger partial charge in [-0.15, -0.1) is 0 Å². The van der Waals surface area contributed by atoms with Gasteiger partial charge >= 0.3 is 0 Å². The van der Waals surface area contributed by atoms with E-state index < -0.39 is 0 Å². The molecular formula is C19H20ClN9O. The number of benzene rings is 1. The maximum absolute atomic E-state index is 12.6. The van der Waals surface area contributed by atoms with E-state index in [1.165, 1.54) is 11.0 Å². The highest BCUT2D eigenvalue weighted by atomic mass is 35.5. The van der Waals surface area contributed by atoms with Crippen molar-refractivity contribution in [3.63, 3.8) is 0 Å². The van der Waals surface area contributed by atoms with Crippen LogP contribution >= 0.6 is 11.6 Å². The minimum atomic E-state index is -0.201. The first kappa shape index (κ1) is 19.6. The Morgan fingerprint density at radius 3 is 2.80 bits per heavy atom. The number of halogens is 1. The van der Waals surface area contributed by atoms with Crippen molar-refractivity contribution in [2.45, 2.75) is 19.5 Å². The number of amides is 1. The van der Waals surface area contributed by atoms with Gasteiger partial charge in [0, 0.05) is 35.7 Å². The number of aromatic amines is 1. The van der Waals surface area contributed by atoms with E-state index in [0.717, 1.165) is 5.69 Å². The third-order valence-corrected chi connectivity index (χ3v) is 4.69. The number of nitrogens with zero attached hydrogens (tertiary/aromatic N) is 5. The number of rotatable bonds is 7. The van der Waals surface area contributed by atoms with Crippen molar-refractivity contribution >= 4 is 40.0 Å². The summed E-state index contributed by atoms with van der Waals surface area (Å²) in [6.07, 6.45) is 4.64. The predicted octanol–water partition coefficient (Wildman–Crippen LogP) is 2.07. The summed E-state index contributed by atoms with van der Waals surface area (Å²) in [5, 5.41) is 11.9. The third-order valence-electron chi connectivity index (χ3n) is 4.44. The molecule has 0 saturated carbocycles. The van der Waals surface area contributed by atoms with Crippen LogP contribution < -0.4 is 16.4 Å². The van der Waals surface area contributed by atoms with Gasteiger partial charge in [-0.05, 0) is 31.2 Å². The van der Waals surface area contributed by atoms with Gasteiger partial charge in [0.15, 0.2) is 11.5 Å². The smallest absolute Gasteiger partial charge is 0.242 e. The van der Waals surface area contributed by atoms with Crippen molar-refractivity contribution in [3.05, 3.63) is 48.0 Å². The Balaban J connectivity index is 1.45. The van der Waals surface area contributed by atoms with Crippen LogP contribution in [0.2, 0.25) is 5.02 Å². The second-order valence-corrected chi connectivity index (χ2v) is 7.19. The summed E-state index contributed by atoms with van der Waals surface area (Å²) in [6.45, 7) is 2.45. The minimum Gasteiger partial charge on any atom is -0.383 e. The zero-order valence-electron chi connectivity index (χ0n) is 16.1. The predicted molar refractivity (Wildman–Crippen MR) is 115 cm³/mol. The van der Waals surface area contributed by atoms with Gasteiger partial charge in [0.05, 0.1) is 5.39 Å². The summed E-state index contributed by atoms with van der Waals surface area (Å²) >= 11 is 5.89. The summed E-state index contributed by atoms with van der Waals surface area (Å²) in [6, 6.07) is 7.26. The third kappa shape index (κ3) is 4.18. The number of nitrogens with one attached hydrogen (secondary N) is 3. The van der Waals surface area contributed by atoms with Gasteiger partial charge in [-0.1, -0.05) is 11.6 Å². The van der Waals surface area contributed by atoms with Gasteiger partial charge < -0.3 is 21.4 Å². The molecule has 154 valence electrons. The quantitative estimate of drug-likeness (QED) is 0.355. The monoisotopic (exact) mass is 425 g/mol. The van der Waals surface area contributed by atoms with E-state index in [0.29, 0.717) is 34.1 Å². The van der Waals surface area contributed by atoms with Crippen LogP contribution in [0.4, 0.5) is 11.5 Å². The molecule has 0 aliphatic rings. The van der Waals surface area contributed by atoms with Crippen molar-refractivity contribution in [2.24, 2.45) is 0 Å². The maximum Gasteiger partial charge on any atom is 0.242 e. The maximum atomic E-state index is 12.6. The van der Waals surface area contributed by atoms with Crippen molar-refractivity contribution in [1.82, 2.24) is 35.0 Å². The van der Waals surface area contributed by atoms with Crippen molar-refractivity contribution < 1.29 is 4.79 Å². The van der Waals surface area contributed by atoms with Crippen LogP contribution in [-0.4, -0.2) is 48.2 Å². The summed E-state index contributed by atoms with van der Waals surface area (Å²) < 4.78 is 1.50. The van der Waals surface area contributed by atoms with Gasteiger partial charge in [-0.3, -0.25) is 4.79 Å². The van der Waals surface area contributed by atoms with Crippen molar-refractivity contribution in [1.29, 1.82) is 0 Å². The number of hydrogen-bond donors (Lipinski definition) is 4. The Bertz CT molecular complexity index is 1150. The second-order valence-electron chi connectivity index (χ2n) is 6.76. The minimum absolute atomic E-state index is 0.0149. The summed E-state index contributed by atoms with van der Waals surface area (Å²) in [4.78, 5) is 28.1. The molecular weight excluding hydrogens is 406 g/mol. The molecule has 0 fully saturated rings. The van der Waals surface area contributed by atoms with Gasteiger partial charge in [-0.2, -0.15) is 5.10 Å². The number of H-pyrrole nitrogens is 1. The lowest BCUT2D eigenvalue weighted by molar-refractivity contribution is -0.122. The molecule has 4 aromatic rings. The number of carbonyl (C=O) groups excluding carboxylic acids is 1. The number of anilines is 2. The molecule has 0 radical (unpaired) electrons. The van der Waals surface area contributed by atoms with Crippen LogP contribution in [0.1, 0.15) is 6.92 Å². The van der Waals surface area contributed by atoms with Crippen molar-refractivity contribution in [3.8, 4) is 11.5 Å². The zero-order valence-corrected chi connectivity index (χ0v) is 16.9. The topological polar surface area (TPSA) is 139 Å². The molecule has 5 N–H and O–H groups in total. The Hall–Kier alpha value is -3.66. The molecule has 3 aromatic heterocycles. The molecule has 0 spiro atoms. The first-order chi connectivity index (χ1) is 14.5. The number of carbonyl (C=O) groups is 1. The molecule has 1 amide bonds. The number of aromatic nitrogens is 6. The van der Waals surface area contributed by atoms with E-state index in [4.69, 9.17) is 17.3 Å². The lowest BCUT2D eigenvalue weighted by atomic mass is 10.2. The molecule has 11 heteroatoms. The van der Waals surface area contributed by atoms with E-state index in [9.17, 15) is 4.79 Å². The summed E-state index contributed by atoms with van der Waals surface area (Å²) in [7, 11) is 0. The van der Waals surface area contributed by atoms with E-state index in [1.807, 2.05) is 19.1 Å². The molecule has 0 unspecified atom stereocenters. The van der Waals surface area contributed by atoms with Crippen LogP contribution in [-0.2, 0) is 11.3 Å². The highest BCUT2D eigenvalue weighted by Crippen LogP contribution is 2.27. The van der Waals surface area contributed by atoms with Crippen LogP contribution in [0.25, 0.3) is 22.6 Å². The Morgan fingerprint density at radius 1 is 1.27 bits per heavy atom. The Morgan fingerprint density at radius 2 is 2.07 bits per heavy atom. The van der Waals surface area contributed by atoms with Gasteiger partial charge in [0.2, 0.25) is 5.91 Å². The molecule has 4 rings (SSSR count). The number of imidazole rings is 1. The fourth-order valence-electron chi connectivity index (χ4n) is 3.05. The standard InChI is InChI=1S/C19H20ClN9O/c1-11(8-24-13-4-2-12(20)3-5-13)27-14(30)9-29-19-15(17(21)25-10-26-19)16(28-29)18-22-6-7-23-18/h2-7,10-11,24H,8-9H2,1H3,(H,22,23)(H,27,30)(H2,21,25,26)/t11-/m0/s1. The fourth-order valence-corrected chi connectivity index (χ4v) is 3.17. The second kappa shape index (κ2) is 8.37. The molecule has 3 heterocycles. The summed E-state index contributed by atoms with van der Waals surface area (Å²) in [5.74, 6) is 0.604. The highest BCUT2D eigenvalue weighted by Gasteiger charge is 2.20. The number of nitrogen functional groups attached to an aromatic ring is 1. The van der Waals surface area contributed by atoms with Crippen LogP contribution in [0.5, 0.6) is 0 Å². The molecule has 0 aliphatic heterocycles. The van der Waals surface area contributed by atoms with Gasteiger partial charge in [-0.25, -0.2) is 19.6 Å². The number of hydrogen-bond acceptors (Lipinski definition) is 7. The highest BCUT2D eigenvalue weighted by molar-refractivity contribution is 6.30. The van der Waals surface area contributed by atoms with E-state index in [1.54, 1.807) is 24.5 Å². The molecule has 0 saturated heterocycles. The summed E-state index contributed by atoms with van der Waals surface area (Å²) in [5.41, 5.74) is 7.92. The number of fused-ring (bicyclic) bond motifs is 1. The lowest BCUT2D eigenvalue weighted by Crippen LogP contribution is -2.39. The molecule has 10 nitrogen and oxygen atoms in total. The molecule has 0 aliphatic carbocycles. The van der Waals surface area contributed by atoms with E-state index in [-0.39, 0.29) is 24.3 Å². The first-order valence-corrected chi connectivity index (χ1v) is 9.64. The normalized spacial score (nSPS) is 12.1. The Labute approximate surface area is 176 Å². The average molecular weight is 426 g/mol. The molecule has 1 aromatic carbocycles. The van der Waals surface area contributed by atoms with Crippen LogP contribution in [0, 0.1) is 0 Å². The largest absolute Gasteiger partial charge is 0.383 e. The molecule has 30 heavy (non-hydrogen) atoms. The van der Waals surface area contributed by atoms with Gasteiger partial charge in [0.1, 0.15) is 24.4 Å². The van der Waals surface area contributed by atoms with Crippen molar-refractivity contribution in [2.75, 3.05) is 17.6 Å². The molecule has 0 bridgehead atoms. The van der Waals surface area contributed by atoms with Gasteiger partial charge in [0.25, 0.3) is 0 Å². The number of nitrogens with two attached hydrogens (primary N) is 1. The lowest BCUT2D eigenvalue weighted by Gasteiger charge is -2.15. The van der Waals surface area contributed by atoms with Crippen LogP contribution in [0.15, 0.2) is 43.0 Å². The van der Waals surface area contributed by atoms with E-state index >= 15 is 0 Å².